The molecule has 0 atom stereocenters. The third kappa shape index (κ3) is 2.34. The molecule has 6 nitrogen and oxygen atoms in total. The van der Waals surface area contributed by atoms with E-state index in [-0.39, 0.29) is 11.3 Å². The van der Waals surface area contributed by atoms with Gasteiger partial charge in [-0.25, -0.2) is 0 Å². The van der Waals surface area contributed by atoms with Crippen molar-refractivity contribution in [3.05, 3.63) is 65.0 Å². The van der Waals surface area contributed by atoms with Crippen LogP contribution in [-0.4, -0.2) is 22.2 Å². The van der Waals surface area contributed by atoms with Gasteiger partial charge in [-0.05, 0) is 36.4 Å². The first-order chi connectivity index (χ1) is 11.8. The number of nitrogens with one attached hydrogen (secondary N) is 1. The summed E-state index contributed by atoms with van der Waals surface area (Å²) in [5, 5.41) is 4.54. The van der Waals surface area contributed by atoms with E-state index in [0.29, 0.717) is 16.8 Å². The van der Waals surface area contributed by atoms with Crippen LogP contribution in [0, 0.1) is 0 Å². The van der Waals surface area contributed by atoms with Gasteiger partial charge in [0.15, 0.2) is 0 Å². The second-order valence-corrected chi connectivity index (χ2v) is 5.23. The van der Waals surface area contributed by atoms with Crippen LogP contribution in [0.25, 0.3) is 33.7 Å². The lowest BCUT2D eigenvalue weighted by Crippen LogP contribution is -2.06. The third-order valence-electron chi connectivity index (χ3n) is 3.79. The quantitative estimate of drug-likeness (QED) is 0.627. The van der Waals surface area contributed by atoms with Crippen molar-refractivity contribution in [3.63, 3.8) is 0 Å². The minimum absolute atomic E-state index is 0.144. The summed E-state index contributed by atoms with van der Waals surface area (Å²) in [6.45, 7) is 0. The van der Waals surface area contributed by atoms with Crippen molar-refractivity contribution in [2.24, 2.45) is 0 Å². The van der Waals surface area contributed by atoms with Crippen LogP contribution in [0.5, 0.6) is 5.75 Å². The monoisotopic (exact) mass is 319 g/mol. The lowest BCUT2D eigenvalue weighted by Gasteiger charge is -1.99. The van der Waals surface area contributed by atoms with Crippen molar-refractivity contribution in [2.45, 2.75) is 0 Å². The molecular weight excluding hydrogens is 306 g/mol. The average molecular weight is 319 g/mol. The Hall–Kier alpha value is -3.41. The summed E-state index contributed by atoms with van der Waals surface area (Å²) in [5.74, 6) is 1.35. The number of nitrogens with zero attached hydrogens (tertiary/aromatic N) is 2. The van der Waals surface area contributed by atoms with E-state index in [2.05, 4.69) is 15.1 Å². The normalized spacial score (nSPS) is 10.9. The highest BCUT2D eigenvalue weighted by Gasteiger charge is 2.15. The summed E-state index contributed by atoms with van der Waals surface area (Å²) >= 11 is 0. The van der Waals surface area contributed by atoms with Gasteiger partial charge in [-0.2, -0.15) is 4.98 Å². The standard InChI is InChI=1S/C18H13N3O3/c1-23-12-8-6-11(7-9-12)17-20-18(24-21-17)14-10-19-15-5-3-2-4-13(15)16(14)22/h2-10H,1H3,(H,19,22). The number of benzene rings is 2. The topological polar surface area (TPSA) is 81.0 Å². The molecule has 0 saturated carbocycles. The molecule has 24 heavy (non-hydrogen) atoms. The smallest absolute Gasteiger partial charge is 0.263 e. The predicted octanol–water partition coefficient (Wildman–Crippen LogP) is 3.25. The van der Waals surface area contributed by atoms with Gasteiger partial charge in [0.25, 0.3) is 5.89 Å². The number of H-pyrrole nitrogens is 1. The van der Waals surface area contributed by atoms with Crippen LogP contribution in [0.2, 0.25) is 0 Å². The Morgan fingerprint density at radius 2 is 1.88 bits per heavy atom. The summed E-state index contributed by atoms with van der Waals surface area (Å²) in [4.78, 5) is 20.0. The van der Waals surface area contributed by atoms with Crippen molar-refractivity contribution in [3.8, 4) is 28.6 Å². The molecule has 2 aromatic heterocycles. The molecule has 1 N–H and O–H groups in total. The van der Waals surface area contributed by atoms with Crippen LogP contribution in [0.15, 0.2) is 64.0 Å². The largest absolute Gasteiger partial charge is 0.497 e. The molecule has 0 saturated heterocycles. The number of methoxy groups -OCH3 is 1. The molecule has 0 aliphatic carbocycles. The maximum atomic E-state index is 12.6. The van der Waals surface area contributed by atoms with Crippen molar-refractivity contribution in [1.29, 1.82) is 0 Å². The van der Waals surface area contributed by atoms with E-state index in [1.165, 1.54) is 0 Å². The molecule has 118 valence electrons. The third-order valence-corrected chi connectivity index (χ3v) is 3.79. The van der Waals surface area contributed by atoms with Crippen LogP contribution in [-0.2, 0) is 0 Å². The lowest BCUT2D eigenvalue weighted by atomic mass is 10.1. The van der Waals surface area contributed by atoms with Crippen molar-refractivity contribution in [2.75, 3.05) is 7.11 Å². The molecule has 0 bridgehead atoms. The number of fused-ring (bicyclic) bond motifs is 1. The summed E-state index contributed by atoms with van der Waals surface area (Å²) in [5.41, 5.74) is 1.75. The Morgan fingerprint density at radius 3 is 2.67 bits per heavy atom. The minimum Gasteiger partial charge on any atom is -0.497 e. The van der Waals surface area contributed by atoms with Gasteiger partial charge in [0.1, 0.15) is 11.3 Å². The van der Waals surface area contributed by atoms with Gasteiger partial charge in [-0.1, -0.05) is 17.3 Å². The van der Waals surface area contributed by atoms with Crippen molar-refractivity contribution >= 4 is 10.9 Å². The molecule has 0 radical (unpaired) electrons. The Labute approximate surface area is 136 Å². The fourth-order valence-corrected chi connectivity index (χ4v) is 2.52. The van der Waals surface area contributed by atoms with E-state index in [0.717, 1.165) is 16.8 Å². The lowest BCUT2D eigenvalue weighted by molar-refractivity contribution is 0.415. The van der Waals surface area contributed by atoms with Gasteiger partial charge in [0.05, 0.1) is 7.11 Å². The number of pyridine rings is 1. The predicted molar refractivity (Wildman–Crippen MR) is 89.8 cm³/mol. The molecule has 0 aliphatic rings. The zero-order chi connectivity index (χ0) is 16.5. The maximum Gasteiger partial charge on any atom is 0.263 e. The molecular formula is C18H13N3O3. The second-order valence-electron chi connectivity index (χ2n) is 5.23. The number of ether oxygens (including phenoxy) is 1. The molecule has 0 aliphatic heterocycles. The first-order valence-corrected chi connectivity index (χ1v) is 7.35. The van der Waals surface area contributed by atoms with Crippen molar-refractivity contribution < 1.29 is 9.26 Å². The summed E-state index contributed by atoms with van der Waals surface area (Å²) in [6, 6.07) is 14.6. The van der Waals surface area contributed by atoms with Gasteiger partial charge in [-0.3, -0.25) is 4.79 Å². The Kier molecular flexibility index (Phi) is 3.35. The second kappa shape index (κ2) is 5.66. The van der Waals surface area contributed by atoms with E-state index in [9.17, 15) is 4.79 Å². The highest BCUT2D eigenvalue weighted by molar-refractivity contribution is 5.82. The van der Waals surface area contributed by atoms with Crippen LogP contribution in [0.4, 0.5) is 0 Å². The molecule has 2 heterocycles. The van der Waals surface area contributed by atoms with Crippen LogP contribution in [0.1, 0.15) is 0 Å². The average Bonchev–Trinajstić information content (AvgIpc) is 3.12. The zero-order valence-electron chi connectivity index (χ0n) is 12.8. The Morgan fingerprint density at radius 1 is 1.08 bits per heavy atom. The SMILES string of the molecule is COc1ccc(-c2noc(-c3c[nH]c4ccccc4c3=O)n2)cc1. The summed E-state index contributed by atoms with van der Waals surface area (Å²) in [7, 11) is 1.60. The summed E-state index contributed by atoms with van der Waals surface area (Å²) < 4.78 is 10.4. The number of hydrogen-bond donors (Lipinski definition) is 1. The Bertz CT molecular complexity index is 1060. The van der Waals surface area contributed by atoms with E-state index in [1.54, 1.807) is 19.4 Å². The summed E-state index contributed by atoms with van der Waals surface area (Å²) in [6.07, 6.45) is 1.59. The van der Waals surface area contributed by atoms with E-state index in [1.807, 2.05) is 42.5 Å². The highest BCUT2D eigenvalue weighted by Crippen LogP contribution is 2.23. The maximum absolute atomic E-state index is 12.6. The zero-order valence-corrected chi connectivity index (χ0v) is 12.8. The first-order valence-electron chi connectivity index (χ1n) is 7.35. The van der Waals surface area contributed by atoms with Crippen LogP contribution in [0.3, 0.4) is 0 Å². The van der Waals surface area contributed by atoms with Gasteiger partial charge >= 0.3 is 0 Å². The molecule has 0 unspecified atom stereocenters. The molecule has 2 aromatic carbocycles. The number of aromatic amines is 1. The molecule has 4 rings (SSSR count). The molecule has 0 fully saturated rings. The van der Waals surface area contributed by atoms with Crippen molar-refractivity contribution in [1.82, 2.24) is 15.1 Å². The molecule has 0 spiro atoms. The Balaban J connectivity index is 1.77. The molecule has 0 amide bonds. The number of aromatic nitrogens is 3. The van der Waals surface area contributed by atoms with Crippen LogP contribution >= 0.6 is 0 Å². The number of para-hydroxylation sites is 1. The van der Waals surface area contributed by atoms with E-state index >= 15 is 0 Å². The first kappa shape index (κ1) is 14.2. The van der Waals surface area contributed by atoms with Gasteiger partial charge in [-0.15, -0.1) is 0 Å². The minimum atomic E-state index is -0.144. The highest BCUT2D eigenvalue weighted by atomic mass is 16.5. The molecule has 6 heteroatoms. The number of rotatable bonds is 3. The van der Waals surface area contributed by atoms with Crippen LogP contribution < -0.4 is 10.2 Å². The van der Waals surface area contributed by atoms with E-state index < -0.39 is 0 Å². The van der Waals surface area contributed by atoms with Gasteiger partial charge < -0.3 is 14.2 Å². The number of hydrogen-bond acceptors (Lipinski definition) is 5. The fourth-order valence-electron chi connectivity index (χ4n) is 2.52. The van der Waals surface area contributed by atoms with Gasteiger partial charge in [0.2, 0.25) is 11.3 Å². The van der Waals surface area contributed by atoms with Gasteiger partial charge in [0, 0.05) is 22.7 Å². The molecule has 4 aromatic rings. The fraction of sp³-hybridized carbons (Fsp3) is 0.0556. The van der Waals surface area contributed by atoms with E-state index in [4.69, 9.17) is 9.26 Å².